The lowest BCUT2D eigenvalue weighted by atomic mass is 10.1. The molecule has 32 heavy (non-hydrogen) atoms. The van der Waals surface area contributed by atoms with E-state index < -0.39 is 4.92 Å². The van der Waals surface area contributed by atoms with Crippen LogP contribution in [0.25, 0.3) is 11.3 Å². The Kier molecular flexibility index (Phi) is 6.72. The minimum Gasteiger partial charge on any atom is -0.484 e. The molecule has 2 aromatic heterocycles. The maximum atomic E-state index is 12.2. The van der Waals surface area contributed by atoms with E-state index in [4.69, 9.17) is 9.15 Å². The quantitative estimate of drug-likeness (QED) is 0.215. The first-order chi connectivity index (χ1) is 15.6. The van der Waals surface area contributed by atoms with Gasteiger partial charge in [-0.25, -0.2) is 4.98 Å². The second kappa shape index (κ2) is 10.0. The molecule has 0 saturated heterocycles. The lowest BCUT2D eigenvalue weighted by Gasteiger charge is -2.01. The summed E-state index contributed by atoms with van der Waals surface area (Å²) in [7, 11) is 0. The van der Waals surface area contributed by atoms with Crippen LogP contribution < -0.4 is 10.1 Å². The topological polar surface area (TPSA) is 133 Å². The van der Waals surface area contributed by atoms with E-state index in [0.29, 0.717) is 22.5 Å². The molecule has 0 spiro atoms. The van der Waals surface area contributed by atoms with E-state index in [1.807, 2.05) is 30.3 Å². The molecule has 0 aliphatic carbocycles. The Morgan fingerprint density at radius 3 is 2.69 bits per heavy atom. The molecule has 0 saturated carbocycles. The van der Waals surface area contributed by atoms with Crippen molar-refractivity contribution in [3.8, 4) is 17.0 Å². The molecule has 0 aliphatic rings. The van der Waals surface area contributed by atoms with Crippen LogP contribution in [0.4, 0.5) is 10.8 Å². The zero-order valence-corrected chi connectivity index (χ0v) is 18.0. The van der Waals surface area contributed by atoms with Crippen molar-refractivity contribution in [1.82, 2.24) is 15.2 Å². The average molecular weight is 470 g/mol. The van der Waals surface area contributed by atoms with Gasteiger partial charge in [-0.1, -0.05) is 30.0 Å². The van der Waals surface area contributed by atoms with Crippen molar-refractivity contribution in [2.75, 3.05) is 11.1 Å². The van der Waals surface area contributed by atoms with Gasteiger partial charge in [0.2, 0.25) is 5.91 Å². The smallest absolute Gasteiger partial charge is 0.277 e. The number of nitrogens with one attached hydrogen (secondary N) is 1. The summed E-state index contributed by atoms with van der Waals surface area (Å²) in [4.78, 5) is 26.9. The highest BCUT2D eigenvalue weighted by molar-refractivity contribution is 7.99. The number of carbonyl (C=O) groups is 1. The number of hydrogen-bond acceptors (Lipinski definition) is 10. The van der Waals surface area contributed by atoms with Crippen molar-refractivity contribution in [1.29, 1.82) is 0 Å². The molecule has 0 aliphatic heterocycles. The van der Waals surface area contributed by atoms with E-state index >= 15 is 0 Å². The fourth-order valence-corrected chi connectivity index (χ4v) is 3.83. The summed E-state index contributed by atoms with van der Waals surface area (Å²) in [5.74, 6) is 0.785. The van der Waals surface area contributed by atoms with E-state index in [1.165, 1.54) is 23.5 Å². The van der Waals surface area contributed by atoms with Gasteiger partial charge >= 0.3 is 0 Å². The van der Waals surface area contributed by atoms with Crippen molar-refractivity contribution in [3.05, 3.63) is 76.0 Å². The van der Waals surface area contributed by atoms with Crippen molar-refractivity contribution in [3.63, 3.8) is 0 Å². The molecular weight excluding hydrogens is 454 g/mol. The number of amides is 1. The number of nitrogens with zero attached hydrogens (tertiary/aromatic N) is 4. The minimum absolute atomic E-state index is 0.00495. The van der Waals surface area contributed by atoms with Crippen LogP contribution in [-0.2, 0) is 11.4 Å². The van der Waals surface area contributed by atoms with E-state index in [2.05, 4.69) is 20.5 Å². The summed E-state index contributed by atoms with van der Waals surface area (Å²) in [6, 6.07) is 15.3. The van der Waals surface area contributed by atoms with Gasteiger partial charge in [-0.2, -0.15) is 0 Å². The first-order valence-corrected chi connectivity index (χ1v) is 11.1. The number of benzene rings is 2. The molecule has 12 heteroatoms. The van der Waals surface area contributed by atoms with Crippen LogP contribution in [0, 0.1) is 10.1 Å². The molecule has 2 aromatic carbocycles. The SMILES string of the molecule is O=C(CSc1nnc(COc2ccccc2)o1)Nc1nc(-c2ccc([N+](=O)[O-])cc2)cs1. The maximum Gasteiger partial charge on any atom is 0.277 e. The maximum absolute atomic E-state index is 12.2. The summed E-state index contributed by atoms with van der Waals surface area (Å²) >= 11 is 2.36. The van der Waals surface area contributed by atoms with Crippen LogP contribution in [0.5, 0.6) is 5.75 Å². The molecule has 0 unspecified atom stereocenters. The van der Waals surface area contributed by atoms with Crippen LogP contribution in [0.3, 0.4) is 0 Å². The number of nitro groups is 1. The fourth-order valence-electron chi connectivity index (χ4n) is 2.52. The van der Waals surface area contributed by atoms with Crippen LogP contribution in [0.1, 0.15) is 5.89 Å². The number of ether oxygens (including phenoxy) is 1. The third kappa shape index (κ3) is 5.68. The number of non-ortho nitro benzene ring substituents is 1. The molecule has 0 fully saturated rings. The molecule has 0 radical (unpaired) electrons. The second-order valence-corrected chi connectivity index (χ2v) is 8.03. The van der Waals surface area contributed by atoms with E-state index in [1.54, 1.807) is 17.5 Å². The summed E-state index contributed by atoms with van der Waals surface area (Å²) in [6.45, 7) is 0.133. The van der Waals surface area contributed by atoms with Gasteiger partial charge in [0.05, 0.1) is 16.4 Å². The predicted molar refractivity (Wildman–Crippen MR) is 119 cm³/mol. The van der Waals surface area contributed by atoms with E-state index in [-0.39, 0.29) is 29.2 Å². The first kappa shape index (κ1) is 21.5. The molecule has 4 aromatic rings. The number of thiazole rings is 1. The van der Waals surface area contributed by atoms with Crippen LogP contribution in [-0.4, -0.2) is 31.8 Å². The first-order valence-electron chi connectivity index (χ1n) is 9.20. The highest BCUT2D eigenvalue weighted by Gasteiger charge is 2.13. The van der Waals surface area contributed by atoms with Crippen LogP contribution in [0.15, 0.2) is 69.6 Å². The molecule has 162 valence electrons. The summed E-state index contributed by atoms with van der Waals surface area (Å²) < 4.78 is 11.0. The zero-order valence-electron chi connectivity index (χ0n) is 16.3. The Bertz CT molecular complexity index is 1210. The van der Waals surface area contributed by atoms with Crippen molar-refractivity contribution < 1.29 is 18.9 Å². The Labute approximate surface area is 189 Å². The van der Waals surface area contributed by atoms with Crippen molar-refractivity contribution in [2.45, 2.75) is 11.8 Å². The highest BCUT2D eigenvalue weighted by atomic mass is 32.2. The van der Waals surface area contributed by atoms with Crippen LogP contribution >= 0.6 is 23.1 Å². The number of para-hydroxylation sites is 1. The summed E-state index contributed by atoms with van der Waals surface area (Å²) in [5, 5.41) is 23.7. The second-order valence-electron chi connectivity index (χ2n) is 6.24. The van der Waals surface area contributed by atoms with Gasteiger partial charge in [-0.05, 0) is 24.3 Å². The van der Waals surface area contributed by atoms with Gasteiger partial charge < -0.3 is 14.5 Å². The van der Waals surface area contributed by atoms with E-state index in [0.717, 1.165) is 17.3 Å². The van der Waals surface area contributed by atoms with Gasteiger partial charge in [0, 0.05) is 23.1 Å². The molecule has 2 heterocycles. The number of aromatic nitrogens is 3. The number of nitro benzene ring substituents is 1. The largest absolute Gasteiger partial charge is 0.484 e. The summed E-state index contributed by atoms with van der Waals surface area (Å²) in [6.07, 6.45) is 0. The summed E-state index contributed by atoms with van der Waals surface area (Å²) in [5.41, 5.74) is 1.34. The molecule has 0 atom stereocenters. The Hall–Kier alpha value is -3.77. The monoisotopic (exact) mass is 469 g/mol. The normalized spacial score (nSPS) is 10.6. The van der Waals surface area contributed by atoms with E-state index in [9.17, 15) is 14.9 Å². The average Bonchev–Trinajstić information content (AvgIpc) is 3.47. The lowest BCUT2D eigenvalue weighted by Crippen LogP contribution is -2.13. The standard InChI is InChI=1S/C20H15N5O5S2/c26-17(12-32-20-24-23-18(30-20)10-29-15-4-2-1-3-5-15)22-19-21-16(11-31-19)13-6-8-14(9-7-13)25(27)28/h1-9,11H,10,12H2,(H,21,22,26). The molecule has 10 nitrogen and oxygen atoms in total. The van der Waals surface area contributed by atoms with Gasteiger partial charge in [-0.3, -0.25) is 14.9 Å². The van der Waals surface area contributed by atoms with Gasteiger partial charge in [0.15, 0.2) is 11.7 Å². The van der Waals surface area contributed by atoms with Crippen molar-refractivity contribution in [2.24, 2.45) is 0 Å². The third-order valence-electron chi connectivity index (χ3n) is 4.00. The number of hydrogen-bond donors (Lipinski definition) is 1. The molecule has 1 N–H and O–H groups in total. The number of rotatable bonds is 9. The van der Waals surface area contributed by atoms with Gasteiger partial charge in [-0.15, -0.1) is 21.5 Å². The van der Waals surface area contributed by atoms with Gasteiger partial charge in [0.25, 0.3) is 16.8 Å². The number of anilines is 1. The Balaban J connectivity index is 1.26. The Morgan fingerprint density at radius 1 is 1.16 bits per heavy atom. The minimum atomic E-state index is -0.461. The number of carbonyl (C=O) groups excluding carboxylic acids is 1. The Morgan fingerprint density at radius 2 is 1.94 bits per heavy atom. The fraction of sp³-hybridized carbons (Fsp3) is 0.100. The number of thioether (sulfide) groups is 1. The van der Waals surface area contributed by atoms with Crippen molar-refractivity contribution >= 4 is 39.8 Å². The zero-order chi connectivity index (χ0) is 22.3. The highest BCUT2D eigenvalue weighted by Crippen LogP contribution is 2.27. The molecular formula is C20H15N5O5S2. The van der Waals surface area contributed by atoms with Crippen LogP contribution in [0.2, 0.25) is 0 Å². The molecule has 1 amide bonds. The predicted octanol–water partition coefficient (Wildman–Crippen LogP) is 4.41. The molecule has 0 bridgehead atoms. The third-order valence-corrected chi connectivity index (χ3v) is 5.58. The lowest BCUT2D eigenvalue weighted by molar-refractivity contribution is -0.384. The molecule has 4 rings (SSSR count). The van der Waals surface area contributed by atoms with Gasteiger partial charge in [0.1, 0.15) is 5.75 Å².